The topological polar surface area (TPSA) is 71.1 Å². The number of esters is 2. The molecule has 0 aromatic heterocycles. The van der Waals surface area contributed by atoms with E-state index in [4.69, 9.17) is 9.47 Å². The quantitative estimate of drug-likeness (QED) is 0.248. The summed E-state index contributed by atoms with van der Waals surface area (Å²) in [5.74, 6) is -1.03. The van der Waals surface area contributed by atoms with E-state index in [1.807, 2.05) is 0 Å². The van der Waals surface area contributed by atoms with Crippen molar-refractivity contribution in [1.82, 2.24) is 0 Å². The first-order valence-corrected chi connectivity index (χ1v) is 7.75. The van der Waals surface area contributed by atoms with Crippen LogP contribution in [0.5, 0.6) is 0 Å². The Kier molecular flexibility index (Phi) is 11.2. The van der Waals surface area contributed by atoms with E-state index in [1.54, 1.807) is 0 Å². The van der Waals surface area contributed by atoms with E-state index in [2.05, 4.69) is 41.3 Å². The van der Waals surface area contributed by atoms with Gasteiger partial charge in [0.2, 0.25) is 0 Å². The maximum absolute atomic E-state index is 10.9. The fraction of sp³-hybridized carbons (Fsp3) is 0.500. The predicted molar refractivity (Wildman–Crippen MR) is 79.6 cm³/mol. The summed E-state index contributed by atoms with van der Waals surface area (Å²) in [5.41, 5.74) is 0. The highest BCUT2D eigenvalue weighted by Crippen LogP contribution is 2.11. The Balaban J connectivity index is 4.42. The van der Waals surface area contributed by atoms with Gasteiger partial charge in [0.05, 0.1) is 38.9 Å². The smallest absolute Gasteiger partial charge is 0.333 e. The van der Waals surface area contributed by atoms with Crippen LogP contribution in [0.15, 0.2) is 24.7 Å². The van der Waals surface area contributed by atoms with E-state index in [-0.39, 0.29) is 12.2 Å². The molecule has 0 saturated heterocycles. The summed E-state index contributed by atoms with van der Waals surface area (Å²) in [7, 11) is 2.55. The van der Waals surface area contributed by atoms with Crippen molar-refractivity contribution in [2.24, 2.45) is 0 Å². The van der Waals surface area contributed by atoms with Crippen LogP contribution < -0.4 is 0 Å². The summed E-state index contributed by atoms with van der Waals surface area (Å²) in [6.45, 7) is 0. The van der Waals surface area contributed by atoms with E-state index in [1.165, 1.54) is 26.7 Å². The first-order valence-electron chi connectivity index (χ1n) is 5.50. The maximum Gasteiger partial charge on any atom is 0.333 e. The minimum Gasteiger partial charge on any atom is -0.493 e. The predicted octanol–water partition coefficient (Wildman–Crippen LogP) is 1.92. The average molecular weight is 416 g/mol. The first-order chi connectivity index (χ1) is 9.58. The summed E-state index contributed by atoms with van der Waals surface area (Å²) in [6.07, 6.45) is 4.06. The third kappa shape index (κ3) is 8.21. The third-order valence-electron chi connectivity index (χ3n) is 2.04. The molecular weight excluding hydrogens is 400 g/mol. The number of carbonyl (C=O) groups is 2. The van der Waals surface area contributed by atoms with Crippen molar-refractivity contribution in [3.63, 3.8) is 0 Å². The highest BCUT2D eigenvalue weighted by Gasteiger charge is 2.21. The summed E-state index contributed by atoms with van der Waals surface area (Å²) >= 11 is 6.57. The standard InChI is InChI=1S/C12H16Br2O6/c1-17-11(15)3-5-19-9(7-13)10(8-14)20-6-4-12(16)18-2/h3-6,9-10H,7-8H2,1-2H3/b5-3+,6-4+/t9-,10+. The number of hydrogen-bond acceptors (Lipinski definition) is 6. The Labute approximate surface area is 134 Å². The lowest BCUT2D eigenvalue weighted by molar-refractivity contribution is -0.136. The van der Waals surface area contributed by atoms with Crippen LogP contribution in [0.2, 0.25) is 0 Å². The van der Waals surface area contributed by atoms with Gasteiger partial charge in [-0.2, -0.15) is 0 Å². The summed E-state index contributed by atoms with van der Waals surface area (Å²) in [4.78, 5) is 21.8. The molecular formula is C12H16Br2O6. The molecule has 0 aromatic rings. The molecule has 0 fully saturated rings. The van der Waals surface area contributed by atoms with Crippen molar-refractivity contribution >= 4 is 43.8 Å². The lowest BCUT2D eigenvalue weighted by atomic mass is 10.2. The lowest BCUT2D eigenvalue weighted by Gasteiger charge is -2.22. The molecule has 0 saturated carbocycles. The fourth-order valence-corrected chi connectivity index (χ4v) is 2.11. The zero-order valence-corrected chi connectivity index (χ0v) is 14.3. The molecule has 2 atom stereocenters. The van der Waals surface area contributed by atoms with Gasteiger partial charge in [-0.1, -0.05) is 31.9 Å². The van der Waals surface area contributed by atoms with E-state index < -0.39 is 11.9 Å². The van der Waals surface area contributed by atoms with Crippen molar-refractivity contribution in [3.05, 3.63) is 24.7 Å². The second-order valence-electron chi connectivity index (χ2n) is 3.31. The lowest BCUT2D eigenvalue weighted by Crippen LogP contribution is -2.32. The number of hydrogen-bond donors (Lipinski definition) is 0. The van der Waals surface area contributed by atoms with E-state index in [9.17, 15) is 9.59 Å². The maximum atomic E-state index is 10.9. The normalized spacial score (nSPS) is 14.0. The minimum absolute atomic E-state index is 0.363. The molecule has 8 heteroatoms. The van der Waals surface area contributed by atoms with Gasteiger partial charge < -0.3 is 18.9 Å². The van der Waals surface area contributed by atoms with Gasteiger partial charge in [0.25, 0.3) is 0 Å². The molecule has 0 aliphatic carbocycles. The number of alkyl halides is 2. The molecule has 114 valence electrons. The van der Waals surface area contributed by atoms with Crippen LogP contribution in [-0.2, 0) is 28.5 Å². The van der Waals surface area contributed by atoms with Crippen molar-refractivity contribution in [3.8, 4) is 0 Å². The number of methoxy groups -OCH3 is 2. The Morgan fingerprint density at radius 3 is 1.50 bits per heavy atom. The van der Waals surface area contributed by atoms with Crippen LogP contribution in [0.4, 0.5) is 0 Å². The Bertz CT molecular complexity index is 322. The summed E-state index contributed by atoms with van der Waals surface area (Å²) < 4.78 is 19.6. The Morgan fingerprint density at radius 1 is 0.900 bits per heavy atom. The van der Waals surface area contributed by atoms with Gasteiger partial charge in [0, 0.05) is 10.7 Å². The fourth-order valence-electron chi connectivity index (χ4n) is 0.974. The van der Waals surface area contributed by atoms with Crippen LogP contribution in [0.3, 0.4) is 0 Å². The van der Waals surface area contributed by atoms with Crippen molar-refractivity contribution < 1.29 is 28.5 Å². The van der Waals surface area contributed by atoms with E-state index in [0.717, 1.165) is 12.2 Å². The van der Waals surface area contributed by atoms with Gasteiger partial charge in [0.1, 0.15) is 12.2 Å². The highest BCUT2D eigenvalue weighted by atomic mass is 79.9. The van der Waals surface area contributed by atoms with E-state index in [0.29, 0.717) is 10.7 Å². The summed E-state index contributed by atoms with van der Waals surface area (Å²) in [6, 6.07) is 0. The number of carbonyl (C=O) groups excluding carboxylic acids is 2. The van der Waals surface area contributed by atoms with Crippen LogP contribution in [0, 0.1) is 0 Å². The Morgan fingerprint density at radius 2 is 1.25 bits per heavy atom. The van der Waals surface area contributed by atoms with E-state index >= 15 is 0 Å². The van der Waals surface area contributed by atoms with Gasteiger partial charge in [-0.05, 0) is 0 Å². The van der Waals surface area contributed by atoms with Gasteiger partial charge in [-0.25, -0.2) is 9.59 Å². The van der Waals surface area contributed by atoms with Crippen LogP contribution >= 0.6 is 31.9 Å². The molecule has 0 amide bonds. The van der Waals surface area contributed by atoms with Gasteiger partial charge in [-0.15, -0.1) is 0 Å². The zero-order valence-electron chi connectivity index (χ0n) is 11.1. The number of rotatable bonds is 9. The monoisotopic (exact) mass is 414 g/mol. The van der Waals surface area contributed by atoms with Crippen LogP contribution in [-0.4, -0.2) is 49.0 Å². The van der Waals surface area contributed by atoms with Crippen molar-refractivity contribution in [2.45, 2.75) is 12.2 Å². The molecule has 0 heterocycles. The third-order valence-corrected chi connectivity index (χ3v) is 3.31. The van der Waals surface area contributed by atoms with Crippen molar-refractivity contribution in [2.75, 3.05) is 24.9 Å². The number of halogens is 2. The average Bonchev–Trinajstić information content (AvgIpc) is 2.48. The van der Waals surface area contributed by atoms with Gasteiger partial charge >= 0.3 is 11.9 Å². The molecule has 0 radical (unpaired) electrons. The molecule has 0 aliphatic rings. The minimum atomic E-state index is -0.514. The second kappa shape index (κ2) is 11.8. The molecule has 20 heavy (non-hydrogen) atoms. The first kappa shape index (κ1) is 19.0. The van der Waals surface area contributed by atoms with Gasteiger partial charge in [0.15, 0.2) is 0 Å². The molecule has 0 unspecified atom stereocenters. The zero-order chi connectivity index (χ0) is 15.4. The van der Waals surface area contributed by atoms with Crippen LogP contribution in [0.25, 0.3) is 0 Å². The summed E-state index contributed by atoms with van der Waals surface area (Å²) in [5, 5.41) is 0.946. The molecule has 6 nitrogen and oxygen atoms in total. The molecule has 0 bridgehead atoms. The molecule has 0 rings (SSSR count). The molecule has 0 spiro atoms. The second-order valence-corrected chi connectivity index (χ2v) is 4.60. The molecule has 0 N–H and O–H groups in total. The molecule has 0 aliphatic heterocycles. The largest absolute Gasteiger partial charge is 0.493 e. The molecule has 0 aromatic carbocycles. The Hall–Kier alpha value is -1.02. The van der Waals surface area contributed by atoms with Crippen LogP contribution in [0.1, 0.15) is 0 Å². The van der Waals surface area contributed by atoms with Gasteiger partial charge in [-0.3, -0.25) is 0 Å². The number of ether oxygens (including phenoxy) is 4. The SMILES string of the molecule is COC(=O)/C=C/O[C@@H](CBr)[C@@H](CBr)O/C=C/C(=O)OC. The highest BCUT2D eigenvalue weighted by molar-refractivity contribution is 9.09. The van der Waals surface area contributed by atoms with Crippen molar-refractivity contribution in [1.29, 1.82) is 0 Å².